The van der Waals surface area contributed by atoms with Gasteiger partial charge in [0.15, 0.2) is 0 Å². The van der Waals surface area contributed by atoms with Gasteiger partial charge in [-0.2, -0.15) is 0 Å². The predicted molar refractivity (Wildman–Crippen MR) is 61.2 cm³/mol. The van der Waals surface area contributed by atoms with Crippen LogP contribution in [0, 0.1) is 10.1 Å². The van der Waals surface area contributed by atoms with Crippen molar-refractivity contribution in [3.63, 3.8) is 0 Å². The van der Waals surface area contributed by atoms with Crippen LogP contribution in [0.3, 0.4) is 0 Å². The third kappa shape index (κ3) is 3.20. The van der Waals surface area contributed by atoms with E-state index in [1.165, 1.54) is 12.1 Å². The third-order valence-electron chi connectivity index (χ3n) is 2.03. The number of hydrogen-bond acceptors (Lipinski definition) is 3. The summed E-state index contributed by atoms with van der Waals surface area (Å²) in [6.45, 7) is 3.92. The van der Waals surface area contributed by atoms with Crippen LogP contribution in [0.4, 0.5) is 5.69 Å². The molecule has 0 amide bonds. The Labute approximate surface area is 96.5 Å². The molecule has 5 heteroatoms. The minimum atomic E-state index is -0.435. The summed E-state index contributed by atoms with van der Waals surface area (Å²) in [6.07, 6.45) is 0.901. The Balaban J connectivity index is 2.95. The van der Waals surface area contributed by atoms with E-state index in [4.69, 9.17) is 4.74 Å². The fourth-order valence-electron chi connectivity index (χ4n) is 0.996. The first-order chi connectivity index (χ1) is 7.04. The number of non-ortho nitro benzene ring substituents is 1. The van der Waals surface area contributed by atoms with E-state index in [9.17, 15) is 10.1 Å². The molecule has 0 aliphatic heterocycles. The second kappa shape index (κ2) is 5.11. The van der Waals surface area contributed by atoms with Crippen LogP contribution in [0.5, 0.6) is 5.75 Å². The maximum atomic E-state index is 10.6. The van der Waals surface area contributed by atoms with Crippen LogP contribution >= 0.6 is 15.9 Å². The second-order valence-corrected chi connectivity index (χ2v) is 4.06. The van der Waals surface area contributed by atoms with Crippen LogP contribution in [0.25, 0.3) is 0 Å². The van der Waals surface area contributed by atoms with Crippen molar-refractivity contribution in [3.8, 4) is 5.75 Å². The zero-order valence-electron chi connectivity index (χ0n) is 8.57. The average molecular weight is 274 g/mol. The Morgan fingerprint density at radius 3 is 2.80 bits per heavy atom. The minimum Gasteiger partial charge on any atom is -0.489 e. The molecule has 0 aliphatic carbocycles. The molecule has 0 N–H and O–H groups in total. The van der Waals surface area contributed by atoms with Crippen LogP contribution in [-0.2, 0) is 0 Å². The molecule has 0 spiro atoms. The van der Waals surface area contributed by atoms with Gasteiger partial charge in [-0.1, -0.05) is 6.92 Å². The summed E-state index contributed by atoms with van der Waals surface area (Å²) in [4.78, 5) is 10.1. The second-order valence-electron chi connectivity index (χ2n) is 3.21. The van der Waals surface area contributed by atoms with Gasteiger partial charge in [0.2, 0.25) is 0 Å². The molecule has 15 heavy (non-hydrogen) atoms. The first kappa shape index (κ1) is 12.0. The van der Waals surface area contributed by atoms with Crippen molar-refractivity contribution in [2.75, 3.05) is 0 Å². The van der Waals surface area contributed by atoms with E-state index < -0.39 is 4.92 Å². The maximum absolute atomic E-state index is 10.6. The van der Waals surface area contributed by atoms with Crippen molar-refractivity contribution in [3.05, 3.63) is 32.8 Å². The fraction of sp³-hybridized carbons (Fsp3) is 0.400. The smallest absolute Gasteiger partial charge is 0.273 e. The summed E-state index contributed by atoms with van der Waals surface area (Å²) in [5, 5.41) is 10.6. The van der Waals surface area contributed by atoms with Crippen LogP contribution in [0.15, 0.2) is 22.7 Å². The lowest BCUT2D eigenvalue weighted by molar-refractivity contribution is -0.385. The molecule has 1 aromatic rings. The first-order valence-corrected chi connectivity index (χ1v) is 5.44. The molecule has 1 atom stereocenters. The molecule has 0 heterocycles. The molecule has 1 aromatic carbocycles. The lowest BCUT2D eigenvalue weighted by atomic mass is 10.3. The van der Waals surface area contributed by atoms with Gasteiger partial charge < -0.3 is 4.74 Å². The Kier molecular flexibility index (Phi) is 4.08. The average Bonchev–Trinajstić information content (AvgIpc) is 2.20. The Morgan fingerprint density at radius 2 is 2.27 bits per heavy atom. The SMILES string of the molecule is CCC(C)Oc1cc([N+](=O)[O-])ccc1Br. The van der Waals surface area contributed by atoms with Gasteiger partial charge in [-0.3, -0.25) is 10.1 Å². The number of ether oxygens (including phenoxy) is 1. The first-order valence-electron chi connectivity index (χ1n) is 4.65. The van der Waals surface area contributed by atoms with Gasteiger partial charge in [0.1, 0.15) is 5.75 Å². The van der Waals surface area contributed by atoms with E-state index in [2.05, 4.69) is 15.9 Å². The van der Waals surface area contributed by atoms with Gasteiger partial charge in [-0.25, -0.2) is 0 Å². The van der Waals surface area contributed by atoms with Crippen molar-refractivity contribution in [2.24, 2.45) is 0 Å². The zero-order chi connectivity index (χ0) is 11.4. The van der Waals surface area contributed by atoms with Crippen LogP contribution in [0.2, 0.25) is 0 Å². The van der Waals surface area contributed by atoms with E-state index in [0.717, 1.165) is 10.9 Å². The normalized spacial score (nSPS) is 12.2. The Hall–Kier alpha value is -1.10. The molecular weight excluding hydrogens is 262 g/mol. The lowest BCUT2D eigenvalue weighted by Crippen LogP contribution is -2.10. The fourth-order valence-corrected chi connectivity index (χ4v) is 1.34. The topological polar surface area (TPSA) is 52.4 Å². The van der Waals surface area contributed by atoms with Crippen LogP contribution < -0.4 is 4.74 Å². The number of nitrogens with zero attached hydrogens (tertiary/aromatic N) is 1. The quantitative estimate of drug-likeness (QED) is 0.623. The van der Waals surface area contributed by atoms with Gasteiger partial charge in [0, 0.05) is 6.07 Å². The van der Waals surface area contributed by atoms with Crippen molar-refractivity contribution in [2.45, 2.75) is 26.4 Å². The van der Waals surface area contributed by atoms with E-state index in [1.807, 2.05) is 13.8 Å². The predicted octanol–water partition coefficient (Wildman–Crippen LogP) is 3.53. The molecule has 0 saturated carbocycles. The highest BCUT2D eigenvalue weighted by molar-refractivity contribution is 9.10. The van der Waals surface area contributed by atoms with Crippen molar-refractivity contribution in [1.29, 1.82) is 0 Å². The third-order valence-corrected chi connectivity index (χ3v) is 2.68. The van der Waals surface area contributed by atoms with Gasteiger partial charge in [0.25, 0.3) is 5.69 Å². The molecule has 0 aliphatic rings. The van der Waals surface area contributed by atoms with E-state index in [0.29, 0.717) is 5.75 Å². The van der Waals surface area contributed by atoms with Crippen molar-refractivity contribution in [1.82, 2.24) is 0 Å². The maximum Gasteiger partial charge on any atom is 0.273 e. The molecular formula is C10H12BrNO3. The number of nitro groups is 1. The van der Waals surface area contributed by atoms with Crippen LogP contribution in [-0.4, -0.2) is 11.0 Å². The van der Waals surface area contributed by atoms with Gasteiger partial charge in [-0.05, 0) is 35.3 Å². The van der Waals surface area contributed by atoms with Crippen LogP contribution in [0.1, 0.15) is 20.3 Å². The summed E-state index contributed by atoms with van der Waals surface area (Å²) < 4.78 is 6.26. The number of rotatable bonds is 4. The number of nitro benzene ring substituents is 1. The van der Waals surface area contributed by atoms with Gasteiger partial charge in [-0.15, -0.1) is 0 Å². The molecule has 0 saturated heterocycles. The van der Waals surface area contributed by atoms with E-state index >= 15 is 0 Å². The minimum absolute atomic E-state index is 0.0384. The standard InChI is InChI=1S/C10H12BrNO3/c1-3-7(2)15-10-6-8(12(13)14)4-5-9(10)11/h4-7H,3H2,1-2H3. The molecule has 0 aromatic heterocycles. The highest BCUT2D eigenvalue weighted by Gasteiger charge is 2.11. The molecule has 82 valence electrons. The van der Waals surface area contributed by atoms with Gasteiger partial charge >= 0.3 is 0 Å². The number of benzene rings is 1. The summed E-state index contributed by atoms with van der Waals surface area (Å²) >= 11 is 3.29. The molecule has 0 bridgehead atoms. The highest BCUT2D eigenvalue weighted by atomic mass is 79.9. The number of halogens is 1. The Morgan fingerprint density at radius 1 is 1.60 bits per heavy atom. The molecule has 1 unspecified atom stereocenters. The summed E-state index contributed by atoms with van der Waals surface area (Å²) in [5.74, 6) is 0.513. The summed E-state index contributed by atoms with van der Waals surface area (Å²) in [5.41, 5.74) is 0.0384. The summed E-state index contributed by atoms with van der Waals surface area (Å²) in [7, 11) is 0. The van der Waals surface area contributed by atoms with E-state index in [-0.39, 0.29) is 11.8 Å². The molecule has 0 radical (unpaired) electrons. The van der Waals surface area contributed by atoms with Crippen molar-refractivity contribution >= 4 is 21.6 Å². The number of hydrogen-bond donors (Lipinski definition) is 0. The molecule has 0 fully saturated rings. The largest absolute Gasteiger partial charge is 0.489 e. The zero-order valence-corrected chi connectivity index (χ0v) is 10.2. The van der Waals surface area contributed by atoms with Gasteiger partial charge in [0.05, 0.1) is 21.6 Å². The van der Waals surface area contributed by atoms with Crippen molar-refractivity contribution < 1.29 is 9.66 Å². The highest BCUT2D eigenvalue weighted by Crippen LogP contribution is 2.30. The molecule has 1 rings (SSSR count). The van der Waals surface area contributed by atoms with E-state index in [1.54, 1.807) is 6.07 Å². The summed E-state index contributed by atoms with van der Waals surface area (Å²) in [6, 6.07) is 4.49. The monoisotopic (exact) mass is 273 g/mol. The lowest BCUT2D eigenvalue weighted by Gasteiger charge is -2.13. The molecule has 4 nitrogen and oxygen atoms in total. The Bertz CT molecular complexity index is 368.